The molecule has 0 saturated heterocycles. The van der Waals surface area contributed by atoms with Crippen molar-refractivity contribution < 1.29 is 28.4 Å². The first-order chi connectivity index (χ1) is 22.5. The van der Waals surface area contributed by atoms with Crippen LogP contribution in [-0.2, 0) is 9.59 Å². The number of amides is 4. The number of anilines is 2. The van der Waals surface area contributed by atoms with E-state index in [1.807, 2.05) is 19.9 Å². The van der Waals surface area contributed by atoms with Gasteiger partial charge in [0.1, 0.15) is 16.9 Å². The molecule has 1 aromatic heterocycles. The highest BCUT2D eigenvalue weighted by Crippen LogP contribution is 2.23. The predicted molar refractivity (Wildman–Crippen MR) is 175 cm³/mol. The van der Waals surface area contributed by atoms with E-state index >= 15 is 0 Å². The Bertz CT molecular complexity index is 1770. The SMILES string of the molecule is C#CCNC(=O)c1cc(C(=O)NCCCCNC(=O)c2cc3ccc(N(CC)CC)cc3oc2=O)cc(N(N=N)C(=O)CC(C)=O)c1. The summed E-state index contributed by atoms with van der Waals surface area (Å²) in [6.45, 7) is 7.19. The van der Waals surface area contributed by atoms with Gasteiger partial charge in [0.2, 0.25) is 0 Å². The van der Waals surface area contributed by atoms with E-state index in [1.165, 1.54) is 31.2 Å². The molecule has 0 aliphatic carbocycles. The van der Waals surface area contributed by atoms with Gasteiger partial charge in [-0.05, 0) is 70.0 Å². The Kier molecular flexibility index (Phi) is 12.9. The molecule has 0 aliphatic heterocycles. The molecule has 4 amide bonds. The summed E-state index contributed by atoms with van der Waals surface area (Å²) in [5, 5.41) is 12.3. The van der Waals surface area contributed by atoms with Crippen LogP contribution in [0.15, 0.2) is 56.9 Å². The van der Waals surface area contributed by atoms with Crippen molar-refractivity contribution in [2.45, 2.75) is 40.0 Å². The number of rotatable bonds is 16. The molecule has 4 N–H and O–H groups in total. The van der Waals surface area contributed by atoms with Crippen LogP contribution in [-0.4, -0.2) is 62.1 Å². The molecule has 0 unspecified atom stereocenters. The Hall–Kier alpha value is -5.84. The molecule has 0 saturated carbocycles. The lowest BCUT2D eigenvalue weighted by molar-refractivity contribution is -0.125. The monoisotopic (exact) mass is 643 g/mol. The second-order valence-electron chi connectivity index (χ2n) is 10.4. The third-order valence-corrected chi connectivity index (χ3v) is 7.04. The Morgan fingerprint density at radius 3 is 2.06 bits per heavy atom. The van der Waals surface area contributed by atoms with E-state index in [-0.39, 0.29) is 42.0 Å². The van der Waals surface area contributed by atoms with Gasteiger partial charge in [-0.3, -0.25) is 24.0 Å². The average Bonchev–Trinajstić information content (AvgIpc) is 3.05. The molecule has 47 heavy (non-hydrogen) atoms. The molecule has 0 atom stereocenters. The molecular weight excluding hydrogens is 606 g/mol. The predicted octanol–water partition coefficient (Wildman–Crippen LogP) is 3.20. The van der Waals surface area contributed by atoms with E-state index in [0.29, 0.717) is 28.8 Å². The standard InChI is InChI=1S/C33H37N7O7/c1-5-12-35-30(43)23-16-24(18-26(17-23)40(38-34)29(42)15-21(4)41)31(44)36-13-8-9-14-37-32(45)27-19-22-10-11-25(39(6-2)7-3)20-28(22)47-33(27)46/h1,10-11,16-20,34H,6-9,12-15H2,2-4H3,(H,35,43)(H,36,44)(H,37,45). The van der Waals surface area contributed by atoms with Crippen molar-refractivity contribution in [3.63, 3.8) is 0 Å². The van der Waals surface area contributed by atoms with Crippen LogP contribution in [0.5, 0.6) is 0 Å². The van der Waals surface area contributed by atoms with Gasteiger partial charge < -0.3 is 25.3 Å². The molecule has 0 aliphatic rings. The van der Waals surface area contributed by atoms with Crippen molar-refractivity contribution in [3.05, 3.63) is 69.6 Å². The number of terminal acetylenes is 1. The van der Waals surface area contributed by atoms with Crippen LogP contribution in [0.25, 0.3) is 11.0 Å². The van der Waals surface area contributed by atoms with Crippen molar-refractivity contribution in [1.29, 1.82) is 5.53 Å². The molecule has 14 heteroatoms. The summed E-state index contributed by atoms with van der Waals surface area (Å²) < 4.78 is 5.43. The lowest BCUT2D eigenvalue weighted by atomic mass is 10.1. The smallest absolute Gasteiger partial charge is 0.349 e. The fourth-order valence-corrected chi connectivity index (χ4v) is 4.67. The average molecular weight is 644 g/mol. The maximum Gasteiger partial charge on any atom is 0.349 e. The quantitative estimate of drug-likeness (QED) is 0.0456. The van der Waals surface area contributed by atoms with Gasteiger partial charge in [0, 0.05) is 54.4 Å². The molecule has 0 fully saturated rings. The molecule has 3 aromatic rings. The molecule has 0 bridgehead atoms. The second kappa shape index (κ2) is 17.0. The zero-order chi connectivity index (χ0) is 34.5. The summed E-state index contributed by atoms with van der Waals surface area (Å²) >= 11 is 0. The lowest BCUT2D eigenvalue weighted by Gasteiger charge is -2.21. The number of carbonyl (C=O) groups is 5. The minimum Gasteiger partial charge on any atom is -0.422 e. The van der Waals surface area contributed by atoms with Crippen molar-refractivity contribution in [1.82, 2.24) is 16.0 Å². The van der Waals surface area contributed by atoms with Crippen LogP contribution >= 0.6 is 0 Å². The number of hydrogen-bond acceptors (Lipinski definition) is 10. The van der Waals surface area contributed by atoms with Crippen LogP contribution < -0.4 is 31.5 Å². The van der Waals surface area contributed by atoms with Crippen LogP contribution in [0.2, 0.25) is 0 Å². The summed E-state index contributed by atoms with van der Waals surface area (Å²) in [6, 6.07) is 10.8. The van der Waals surface area contributed by atoms with Gasteiger partial charge in [-0.2, -0.15) is 10.5 Å². The number of fused-ring (bicyclic) bond motifs is 1. The Morgan fingerprint density at radius 1 is 0.872 bits per heavy atom. The number of carbonyl (C=O) groups excluding carboxylic acids is 5. The van der Waals surface area contributed by atoms with E-state index in [0.717, 1.165) is 18.8 Å². The van der Waals surface area contributed by atoms with Crippen LogP contribution in [0.1, 0.15) is 71.1 Å². The molecule has 1 heterocycles. The maximum absolute atomic E-state index is 13.0. The van der Waals surface area contributed by atoms with Gasteiger partial charge in [-0.1, -0.05) is 11.1 Å². The Balaban J connectivity index is 1.61. The number of nitrogens with one attached hydrogen (secondary N) is 4. The molecule has 246 valence electrons. The minimum absolute atomic E-state index is 0.00168. The Labute approximate surface area is 271 Å². The zero-order valence-corrected chi connectivity index (χ0v) is 26.5. The van der Waals surface area contributed by atoms with Crippen LogP contribution in [0.3, 0.4) is 0 Å². The van der Waals surface area contributed by atoms with Crippen LogP contribution in [0.4, 0.5) is 11.4 Å². The van der Waals surface area contributed by atoms with E-state index in [1.54, 1.807) is 12.1 Å². The normalized spacial score (nSPS) is 10.4. The first kappa shape index (κ1) is 35.6. The van der Waals surface area contributed by atoms with Gasteiger partial charge >= 0.3 is 5.63 Å². The van der Waals surface area contributed by atoms with Gasteiger partial charge in [-0.15, -0.1) is 6.42 Å². The van der Waals surface area contributed by atoms with Gasteiger partial charge in [0.05, 0.1) is 18.7 Å². The van der Waals surface area contributed by atoms with Gasteiger partial charge in [0.15, 0.2) is 0 Å². The van der Waals surface area contributed by atoms with E-state index < -0.39 is 41.5 Å². The first-order valence-electron chi connectivity index (χ1n) is 15.0. The molecule has 3 rings (SSSR count). The largest absolute Gasteiger partial charge is 0.422 e. The van der Waals surface area contributed by atoms with E-state index in [4.69, 9.17) is 16.4 Å². The summed E-state index contributed by atoms with van der Waals surface area (Å²) in [7, 11) is 0. The number of benzene rings is 2. The van der Waals surface area contributed by atoms with Gasteiger partial charge in [0.25, 0.3) is 23.6 Å². The summed E-state index contributed by atoms with van der Waals surface area (Å²) in [5.41, 5.74) is 7.79. The highest BCUT2D eigenvalue weighted by Gasteiger charge is 2.21. The minimum atomic E-state index is -0.812. The van der Waals surface area contributed by atoms with Crippen molar-refractivity contribution >= 4 is 51.8 Å². The fourth-order valence-electron chi connectivity index (χ4n) is 4.67. The van der Waals surface area contributed by atoms with E-state index in [9.17, 15) is 28.8 Å². The number of hydrogen-bond donors (Lipinski definition) is 4. The molecule has 2 aromatic carbocycles. The first-order valence-corrected chi connectivity index (χ1v) is 15.0. The highest BCUT2D eigenvalue weighted by atomic mass is 16.4. The fraction of sp³-hybridized carbons (Fsp3) is 0.333. The lowest BCUT2D eigenvalue weighted by Crippen LogP contribution is -2.31. The number of Topliss-reactive ketones (excluding diaryl/α,β-unsaturated/α-hetero) is 1. The third-order valence-electron chi connectivity index (χ3n) is 7.04. The maximum atomic E-state index is 13.0. The second-order valence-corrected chi connectivity index (χ2v) is 10.4. The van der Waals surface area contributed by atoms with Gasteiger partial charge in [-0.25, -0.2) is 4.79 Å². The Morgan fingerprint density at radius 2 is 1.49 bits per heavy atom. The van der Waals surface area contributed by atoms with Crippen molar-refractivity contribution in [3.8, 4) is 12.3 Å². The zero-order valence-electron chi connectivity index (χ0n) is 26.5. The third kappa shape index (κ3) is 9.57. The topological polar surface area (TPSA) is 194 Å². The van der Waals surface area contributed by atoms with E-state index in [2.05, 4.69) is 32.0 Å². The number of ketones is 1. The summed E-state index contributed by atoms with van der Waals surface area (Å²) in [5.74, 6) is -0.778. The van der Waals surface area contributed by atoms with Crippen molar-refractivity contribution in [2.24, 2.45) is 5.22 Å². The summed E-state index contributed by atoms with van der Waals surface area (Å²) in [4.78, 5) is 76.9. The summed E-state index contributed by atoms with van der Waals surface area (Å²) in [6.07, 6.45) is 5.59. The molecule has 0 spiro atoms. The molecule has 14 nitrogen and oxygen atoms in total. The number of nitrogens with zero attached hydrogens (tertiary/aromatic N) is 3. The number of unbranched alkanes of at least 4 members (excludes halogenated alkanes) is 1. The van der Waals surface area contributed by atoms with Crippen molar-refractivity contribution in [2.75, 3.05) is 42.6 Å². The molecule has 0 radical (unpaired) electrons. The molecular formula is C33H37N7O7. The highest BCUT2D eigenvalue weighted by molar-refractivity contribution is 6.07. The van der Waals surface area contributed by atoms with Crippen LogP contribution in [0, 0.1) is 17.9 Å².